The van der Waals surface area contributed by atoms with Crippen LogP contribution < -0.4 is 4.90 Å². The third kappa shape index (κ3) is 2.99. The van der Waals surface area contributed by atoms with Crippen molar-refractivity contribution < 1.29 is 4.79 Å². The second-order valence-electron chi connectivity index (χ2n) is 6.47. The number of anilines is 1. The molecule has 1 saturated heterocycles. The Morgan fingerprint density at radius 1 is 1.04 bits per heavy atom. The van der Waals surface area contributed by atoms with Gasteiger partial charge in [-0.15, -0.1) is 0 Å². The summed E-state index contributed by atoms with van der Waals surface area (Å²) in [6.45, 7) is 0.643. The molecule has 0 aromatic heterocycles. The average molecular weight is 361 g/mol. The highest BCUT2D eigenvalue weighted by Gasteiger charge is 2.45. The predicted molar refractivity (Wildman–Crippen MR) is 98.0 cm³/mol. The van der Waals surface area contributed by atoms with Crippen molar-refractivity contribution in [3.63, 3.8) is 0 Å². The van der Waals surface area contributed by atoms with E-state index in [1.165, 1.54) is 5.56 Å². The van der Waals surface area contributed by atoms with Crippen molar-refractivity contribution in [2.45, 2.75) is 31.3 Å². The van der Waals surface area contributed by atoms with E-state index in [9.17, 15) is 4.79 Å². The lowest BCUT2D eigenvalue weighted by Gasteiger charge is -2.23. The van der Waals surface area contributed by atoms with Crippen LogP contribution in [0.25, 0.3) is 0 Å². The van der Waals surface area contributed by atoms with Gasteiger partial charge in [-0.2, -0.15) is 0 Å². The second-order valence-corrected chi connectivity index (χ2v) is 7.31. The van der Waals surface area contributed by atoms with E-state index in [1.807, 2.05) is 23.1 Å². The van der Waals surface area contributed by atoms with Gasteiger partial charge in [0.1, 0.15) is 0 Å². The van der Waals surface area contributed by atoms with Crippen molar-refractivity contribution in [2.24, 2.45) is 0 Å². The molecular weight excluding hydrogens is 343 g/mol. The number of benzene rings is 2. The number of halogens is 2. The lowest BCUT2D eigenvalue weighted by molar-refractivity contribution is 0.202. The van der Waals surface area contributed by atoms with Gasteiger partial charge in [0, 0.05) is 17.6 Å². The molecule has 0 radical (unpaired) electrons. The number of carbonyl (C=O) groups is 1. The Hall–Kier alpha value is -1.71. The van der Waals surface area contributed by atoms with Crippen molar-refractivity contribution in [1.82, 2.24) is 4.90 Å². The first-order valence-electron chi connectivity index (χ1n) is 8.22. The first-order valence-corrected chi connectivity index (χ1v) is 8.98. The summed E-state index contributed by atoms with van der Waals surface area (Å²) < 4.78 is 0. The quantitative estimate of drug-likeness (QED) is 0.751. The van der Waals surface area contributed by atoms with Crippen molar-refractivity contribution >= 4 is 34.9 Å². The van der Waals surface area contributed by atoms with Crippen LogP contribution in [0.15, 0.2) is 48.5 Å². The van der Waals surface area contributed by atoms with Crippen molar-refractivity contribution in [3.05, 3.63) is 64.1 Å². The molecule has 1 aliphatic carbocycles. The lowest BCUT2D eigenvalue weighted by atomic mass is 10.1. The van der Waals surface area contributed by atoms with Crippen LogP contribution >= 0.6 is 23.2 Å². The van der Waals surface area contributed by atoms with Crippen LogP contribution in [0.3, 0.4) is 0 Å². The van der Waals surface area contributed by atoms with Crippen molar-refractivity contribution in [2.75, 3.05) is 11.4 Å². The third-order valence-electron chi connectivity index (χ3n) is 4.69. The molecule has 1 atom stereocenters. The zero-order valence-electron chi connectivity index (χ0n) is 13.2. The highest BCUT2D eigenvalue weighted by atomic mass is 35.5. The topological polar surface area (TPSA) is 23.6 Å². The minimum absolute atomic E-state index is 0.0441. The molecular formula is C19H18Cl2N2O. The molecule has 0 N–H and O–H groups in total. The third-order valence-corrected chi connectivity index (χ3v) is 5.25. The molecule has 2 aromatic rings. The van der Waals surface area contributed by atoms with E-state index < -0.39 is 0 Å². The first kappa shape index (κ1) is 15.8. The van der Waals surface area contributed by atoms with E-state index in [-0.39, 0.29) is 12.1 Å². The number of amides is 2. The minimum Gasteiger partial charge on any atom is -0.316 e. The maximum absolute atomic E-state index is 13.0. The first-order chi connectivity index (χ1) is 11.6. The molecule has 3 nitrogen and oxygen atoms in total. The largest absolute Gasteiger partial charge is 0.325 e. The van der Waals surface area contributed by atoms with Gasteiger partial charge >= 0.3 is 6.03 Å². The Bertz CT molecular complexity index is 761. The standard InChI is InChI=1S/C19H18Cl2N2O/c20-14-6-9-17(21)18(11-14)22-12-16(10-13-4-2-1-3-5-13)23(19(22)24)15-7-8-15/h1-6,9,11,15-16H,7-8,10,12H2. The van der Waals surface area contributed by atoms with Crippen LogP contribution in [-0.2, 0) is 6.42 Å². The number of urea groups is 1. The molecule has 2 amide bonds. The Labute approximate surface area is 151 Å². The molecule has 5 heteroatoms. The maximum Gasteiger partial charge on any atom is 0.325 e. The fourth-order valence-electron chi connectivity index (χ4n) is 3.42. The van der Waals surface area contributed by atoms with Gasteiger partial charge in [-0.25, -0.2) is 4.79 Å². The van der Waals surface area contributed by atoms with Crippen molar-refractivity contribution in [3.8, 4) is 0 Å². The van der Waals surface area contributed by atoms with Crippen LogP contribution in [-0.4, -0.2) is 29.6 Å². The molecule has 1 unspecified atom stereocenters. The average Bonchev–Trinajstić information content (AvgIpc) is 3.36. The fourth-order valence-corrected chi connectivity index (χ4v) is 3.81. The molecule has 1 saturated carbocycles. The zero-order valence-corrected chi connectivity index (χ0v) is 14.7. The van der Waals surface area contributed by atoms with Gasteiger partial charge < -0.3 is 4.90 Å². The number of hydrogen-bond donors (Lipinski definition) is 0. The SMILES string of the molecule is O=C1N(c2cc(Cl)ccc2Cl)CC(Cc2ccccc2)N1C1CC1. The number of rotatable bonds is 4. The molecule has 2 aromatic carbocycles. The number of nitrogens with zero attached hydrogens (tertiary/aromatic N) is 2. The van der Waals surface area contributed by atoms with Gasteiger partial charge in [-0.05, 0) is 43.0 Å². The highest BCUT2D eigenvalue weighted by molar-refractivity contribution is 6.35. The van der Waals surface area contributed by atoms with Gasteiger partial charge in [0.05, 0.1) is 16.8 Å². The van der Waals surface area contributed by atoms with Crippen LogP contribution in [0.2, 0.25) is 10.0 Å². The van der Waals surface area contributed by atoms with Crippen LogP contribution in [0.4, 0.5) is 10.5 Å². The zero-order chi connectivity index (χ0) is 16.7. The molecule has 4 rings (SSSR count). The summed E-state index contributed by atoms with van der Waals surface area (Å²) in [4.78, 5) is 16.8. The molecule has 2 fully saturated rings. The molecule has 0 bridgehead atoms. The minimum atomic E-state index is 0.0441. The van der Waals surface area contributed by atoms with E-state index in [0.29, 0.717) is 28.3 Å². The normalized spacial score (nSPS) is 20.8. The van der Waals surface area contributed by atoms with Gasteiger partial charge in [-0.1, -0.05) is 53.5 Å². The highest BCUT2D eigenvalue weighted by Crippen LogP contribution is 2.38. The van der Waals surface area contributed by atoms with Gasteiger partial charge in [0.2, 0.25) is 0 Å². The maximum atomic E-state index is 13.0. The predicted octanol–water partition coefficient (Wildman–Crippen LogP) is 5.01. The lowest BCUT2D eigenvalue weighted by Crippen LogP contribution is -2.37. The summed E-state index contributed by atoms with van der Waals surface area (Å²) in [6.07, 6.45) is 3.04. The van der Waals surface area contributed by atoms with E-state index in [4.69, 9.17) is 23.2 Å². The summed E-state index contributed by atoms with van der Waals surface area (Å²) in [7, 11) is 0. The molecule has 1 heterocycles. The van der Waals surface area contributed by atoms with E-state index in [0.717, 1.165) is 19.3 Å². The summed E-state index contributed by atoms with van der Waals surface area (Å²) in [6, 6.07) is 16.2. The Morgan fingerprint density at radius 3 is 2.50 bits per heavy atom. The number of carbonyl (C=O) groups excluding carboxylic acids is 1. The van der Waals surface area contributed by atoms with Gasteiger partial charge in [-0.3, -0.25) is 4.90 Å². The van der Waals surface area contributed by atoms with E-state index in [2.05, 4.69) is 12.1 Å². The molecule has 2 aliphatic rings. The Kier molecular flexibility index (Phi) is 4.15. The van der Waals surface area contributed by atoms with Crippen LogP contribution in [0.1, 0.15) is 18.4 Å². The smallest absolute Gasteiger partial charge is 0.316 e. The van der Waals surface area contributed by atoms with E-state index in [1.54, 1.807) is 23.1 Å². The second kappa shape index (κ2) is 6.30. The molecule has 0 spiro atoms. The summed E-state index contributed by atoms with van der Waals surface area (Å²) in [5.41, 5.74) is 1.95. The Balaban J connectivity index is 1.63. The van der Waals surface area contributed by atoms with E-state index >= 15 is 0 Å². The molecule has 24 heavy (non-hydrogen) atoms. The molecule has 1 aliphatic heterocycles. The monoisotopic (exact) mass is 360 g/mol. The summed E-state index contributed by atoms with van der Waals surface area (Å²) in [5.74, 6) is 0. The molecule has 124 valence electrons. The van der Waals surface area contributed by atoms with Gasteiger partial charge in [0.25, 0.3) is 0 Å². The van der Waals surface area contributed by atoms with Crippen LogP contribution in [0.5, 0.6) is 0 Å². The summed E-state index contributed by atoms with van der Waals surface area (Å²) >= 11 is 12.4. The summed E-state index contributed by atoms with van der Waals surface area (Å²) in [5, 5.41) is 1.15. The van der Waals surface area contributed by atoms with Crippen molar-refractivity contribution in [1.29, 1.82) is 0 Å². The van der Waals surface area contributed by atoms with Gasteiger partial charge in [0.15, 0.2) is 0 Å². The van der Waals surface area contributed by atoms with Crippen LogP contribution in [0, 0.1) is 0 Å². The Morgan fingerprint density at radius 2 is 1.79 bits per heavy atom. The fraction of sp³-hybridized carbons (Fsp3) is 0.316. The number of hydrogen-bond acceptors (Lipinski definition) is 1.